The minimum absolute atomic E-state index is 0.494. The Bertz CT molecular complexity index is 908. The van der Waals surface area contributed by atoms with Crippen molar-refractivity contribution in [3.8, 4) is 0 Å². The lowest BCUT2D eigenvalue weighted by molar-refractivity contribution is 0.467. The molecule has 0 aromatic heterocycles. The van der Waals surface area contributed by atoms with Crippen LogP contribution in [0.3, 0.4) is 0 Å². The highest BCUT2D eigenvalue weighted by molar-refractivity contribution is 7.88. The van der Waals surface area contributed by atoms with Gasteiger partial charge in [0.15, 0.2) is 0 Å². The largest absolute Gasteiger partial charge is 0.356 e. The summed E-state index contributed by atoms with van der Waals surface area (Å²) in [7, 11) is -3.69. The Hall–Kier alpha value is -2.34. The number of nitrogens with one attached hydrogen (secondary N) is 1. The Kier molecular flexibility index (Phi) is 4.57. The van der Waals surface area contributed by atoms with Crippen LogP contribution in [-0.4, -0.2) is 32.2 Å². The third-order valence-corrected chi connectivity index (χ3v) is 5.07. The molecule has 1 aliphatic rings. The zero-order chi connectivity index (χ0) is 17.2. The molecule has 0 saturated carbocycles. The number of amidine groups is 1. The topological polar surface area (TPSA) is 61.8 Å². The Balaban J connectivity index is 1.98. The molecular formula is C18H21N3O2S. The lowest BCUT2D eigenvalue weighted by Gasteiger charge is -2.24. The van der Waals surface area contributed by atoms with Gasteiger partial charge >= 0.3 is 10.2 Å². The summed E-state index contributed by atoms with van der Waals surface area (Å²) in [5.74, 6) is 0.494. The molecule has 2 aromatic rings. The molecule has 0 aliphatic carbocycles. The van der Waals surface area contributed by atoms with E-state index in [2.05, 4.69) is 27.3 Å². The molecular weight excluding hydrogens is 322 g/mol. The van der Waals surface area contributed by atoms with Crippen LogP contribution >= 0.6 is 0 Å². The maximum Gasteiger partial charge on any atom is 0.343 e. The van der Waals surface area contributed by atoms with Crippen molar-refractivity contribution in [1.82, 2.24) is 9.62 Å². The van der Waals surface area contributed by atoms with Crippen molar-refractivity contribution in [2.45, 2.75) is 20.3 Å². The van der Waals surface area contributed by atoms with Gasteiger partial charge in [-0.1, -0.05) is 42.5 Å². The molecule has 126 valence electrons. The van der Waals surface area contributed by atoms with E-state index in [1.807, 2.05) is 49.1 Å². The lowest BCUT2D eigenvalue weighted by atomic mass is 10.0. The number of rotatable bonds is 4. The molecule has 1 heterocycles. The van der Waals surface area contributed by atoms with Gasteiger partial charge in [0, 0.05) is 31.3 Å². The average molecular weight is 343 g/mol. The third-order valence-electron chi connectivity index (χ3n) is 4.13. The highest BCUT2D eigenvalue weighted by atomic mass is 32.2. The van der Waals surface area contributed by atoms with Crippen molar-refractivity contribution in [2.75, 3.05) is 13.1 Å². The summed E-state index contributed by atoms with van der Waals surface area (Å²) in [5.41, 5.74) is 1.73. The number of nitrogens with zero attached hydrogens (tertiary/aromatic N) is 2. The third kappa shape index (κ3) is 3.43. The first kappa shape index (κ1) is 16.5. The van der Waals surface area contributed by atoms with Crippen LogP contribution in [0.15, 0.2) is 58.6 Å². The number of likely N-dealkylation sites (N-methyl/N-ethyl adjacent to an activating group) is 1. The van der Waals surface area contributed by atoms with E-state index in [1.54, 1.807) is 0 Å². The van der Waals surface area contributed by atoms with E-state index in [0.29, 0.717) is 31.0 Å². The van der Waals surface area contributed by atoms with Gasteiger partial charge in [0.25, 0.3) is 0 Å². The van der Waals surface area contributed by atoms with Gasteiger partial charge in [-0.25, -0.2) is 0 Å². The monoisotopic (exact) mass is 343 g/mol. The lowest BCUT2D eigenvalue weighted by Crippen LogP contribution is -2.36. The molecule has 0 amide bonds. The summed E-state index contributed by atoms with van der Waals surface area (Å²) in [5, 5.41) is 2.28. The van der Waals surface area contributed by atoms with Crippen molar-refractivity contribution in [2.24, 2.45) is 4.40 Å². The zero-order valence-electron chi connectivity index (χ0n) is 13.9. The minimum Gasteiger partial charge on any atom is -0.356 e. The Morgan fingerprint density at radius 2 is 1.75 bits per heavy atom. The SMILES string of the molecule is CCN(CC)C1=NS(=O)(=O)NC(Cc2cccc3ccccc23)=C1. The molecule has 0 fully saturated rings. The number of benzene rings is 2. The van der Waals surface area contributed by atoms with E-state index in [4.69, 9.17) is 0 Å². The molecule has 2 aromatic carbocycles. The van der Waals surface area contributed by atoms with Crippen molar-refractivity contribution in [1.29, 1.82) is 0 Å². The maximum absolute atomic E-state index is 12.1. The summed E-state index contributed by atoms with van der Waals surface area (Å²) in [6.45, 7) is 5.39. The molecule has 0 spiro atoms. The average Bonchev–Trinajstić information content (AvgIpc) is 2.55. The molecule has 1 aliphatic heterocycles. The van der Waals surface area contributed by atoms with E-state index in [0.717, 1.165) is 16.3 Å². The first-order chi connectivity index (χ1) is 11.5. The van der Waals surface area contributed by atoms with Crippen LogP contribution in [0.5, 0.6) is 0 Å². The first-order valence-electron chi connectivity index (χ1n) is 8.07. The molecule has 0 unspecified atom stereocenters. The molecule has 3 rings (SSSR count). The van der Waals surface area contributed by atoms with Gasteiger partial charge in [0.05, 0.1) is 0 Å². The highest BCUT2D eigenvalue weighted by Gasteiger charge is 2.21. The maximum atomic E-state index is 12.1. The Morgan fingerprint density at radius 3 is 2.50 bits per heavy atom. The van der Waals surface area contributed by atoms with Crippen molar-refractivity contribution in [3.05, 3.63) is 59.8 Å². The Labute approximate surface area is 142 Å². The molecule has 24 heavy (non-hydrogen) atoms. The fourth-order valence-corrected chi connectivity index (χ4v) is 3.88. The summed E-state index contributed by atoms with van der Waals surface area (Å²) >= 11 is 0. The fraction of sp³-hybridized carbons (Fsp3) is 0.278. The second kappa shape index (κ2) is 6.65. The predicted octanol–water partition coefficient (Wildman–Crippen LogP) is 2.85. The second-order valence-corrected chi connectivity index (χ2v) is 7.02. The molecule has 0 saturated heterocycles. The normalized spacial score (nSPS) is 16.2. The van der Waals surface area contributed by atoms with Crippen LogP contribution in [0.25, 0.3) is 10.8 Å². The Morgan fingerprint density at radius 1 is 1.04 bits per heavy atom. The predicted molar refractivity (Wildman–Crippen MR) is 98.1 cm³/mol. The van der Waals surface area contributed by atoms with E-state index in [1.165, 1.54) is 0 Å². The molecule has 5 nitrogen and oxygen atoms in total. The number of allylic oxidation sites excluding steroid dienone is 1. The van der Waals surface area contributed by atoms with Crippen LogP contribution in [0, 0.1) is 0 Å². The van der Waals surface area contributed by atoms with Crippen LogP contribution in [0.1, 0.15) is 19.4 Å². The van der Waals surface area contributed by atoms with Crippen molar-refractivity contribution in [3.63, 3.8) is 0 Å². The number of hydrogen-bond acceptors (Lipinski definition) is 3. The van der Waals surface area contributed by atoms with Gasteiger partial charge in [-0.3, -0.25) is 4.72 Å². The molecule has 1 N–H and O–H groups in total. The number of hydrogen-bond donors (Lipinski definition) is 1. The van der Waals surface area contributed by atoms with Crippen LogP contribution in [0.4, 0.5) is 0 Å². The minimum atomic E-state index is -3.69. The molecule has 0 atom stereocenters. The van der Waals surface area contributed by atoms with Crippen molar-refractivity contribution < 1.29 is 8.42 Å². The van der Waals surface area contributed by atoms with E-state index in [9.17, 15) is 8.42 Å². The summed E-state index contributed by atoms with van der Waals surface area (Å²) in [6, 6.07) is 14.2. The van der Waals surface area contributed by atoms with E-state index >= 15 is 0 Å². The number of fused-ring (bicyclic) bond motifs is 1. The van der Waals surface area contributed by atoms with Gasteiger partial charge in [-0.15, -0.1) is 4.40 Å². The summed E-state index contributed by atoms with van der Waals surface area (Å²) in [4.78, 5) is 1.93. The second-order valence-electron chi connectivity index (χ2n) is 5.68. The highest BCUT2D eigenvalue weighted by Crippen LogP contribution is 2.22. The quantitative estimate of drug-likeness (QED) is 0.928. The summed E-state index contributed by atoms with van der Waals surface area (Å²) in [6.07, 6.45) is 2.34. The molecule has 6 heteroatoms. The van der Waals surface area contributed by atoms with Gasteiger partial charge in [-0.05, 0) is 30.2 Å². The summed E-state index contributed by atoms with van der Waals surface area (Å²) < 4.78 is 30.6. The molecule has 0 bridgehead atoms. The van der Waals surface area contributed by atoms with Gasteiger partial charge in [-0.2, -0.15) is 8.42 Å². The van der Waals surface area contributed by atoms with Gasteiger partial charge in [0.2, 0.25) is 0 Å². The van der Waals surface area contributed by atoms with Crippen LogP contribution < -0.4 is 4.72 Å². The standard InChI is InChI=1S/C18H21N3O2S/c1-3-21(4-2)18-13-16(19-24(22,23)20-18)12-15-10-7-9-14-8-5-6-11-17(14)15/h5-11,13,19H,3-4,12H2,1-2H3. The van der Waals surface area contributed by atoms with Crippen LogP contribution in [0.2, 0.25) is 0 Å². The van der Waals surface area contributed by atoms with E-state index in [-0.39, 0.29) is 0 Å². The van der Waals surface area contributed by atoms with Gasteiger partial charge in [0.1, 0.15) is 5.84 Å². The first-order valence-corrected chi connectivity index (χ1v) is 9.51. The molecule has 0 radical (unpaired) electrons. The van der Waals surface area contributed by atoms with Crippen LogP contribution in [-0.2, 0) is 16.6 Å². The van der Waals surface area contributed by atoms with Gasteiger partial charge < -0.3 is 4.90 Å². The van der Waals surface area contributed by atoms with E-state index < -0.39 is 10.2 Å². The van der Waals surface area contributed by atoms with Crippen molar-refractivity contribution >= 4 is 26.8 Å². The smallest absolute Gasteiger partial charge is 0.343 e. The zero-order valence-corrected chi connectivity index (χ0v) is 14.7. The fourth-order valence-electron chi connectivity index (χ4n) is 2.96.